The third-order valence-electron chi connectivity index (χ3n) is 6.14. The highest BCUT2D eigenvalue weighted by Crippen LogP contribution is 2.58. The van der Waals surface area contributed by atoms with Gasteiger partial charge in [-0.15, -0.1) is 4.73 Å². The van der Waals surface area contributed by atoms with Crippen molar-refractivity contribution in [3.05, 3.63) is 92.5 Å². The number of phenolic OH excluding ortho intramolecular Hbond substituents is 2. The number of aromatic hydroxyl groups is 4. The molecule has 3 heterocycles. The monoisotopic (exact) mass is 541 g/mol. The van der Waals surface area contributed by atoms with Crippen LogP contribution in [0.2, 0.25) is 10.0 Å². The summed E-state index contributed by atoms with van der Waals surface area (Å²) in [6, 6.07) is 11.8. The number of fused-ring (bicyclic) bond motifs is 6. The third kappa shape index (κ3) is 3.13. The predicted octanol–water partition coefficient (Wildman–Crippen LogP) is 4.45. The Kier molecular flexibility index (Phi) is 4.78. The van der Waals surface area contributed by atoms with Crippen molar-refractivity contribution in [2.24, 2.45) is 0 Å². The van der Waals surface area contributed by atoms with E-state index in [1.807, 2.05) is 0 Å². The van der Waals surface area contributed by atoms with Gasteiger partial charge in [-0.1, -0.05) is 23.2 Å². The maximum Gasteiger partial charge on any atom is 0.365 e. The van der Waals surface area contributed by atoms with Crippen LogP contribution in [-0.2, 0) is 10.3 Å². The average molecular weight is 542 g/mol. The summed E-state index contributed by atoms with van der Waals surface area (Å²) in [5.74, 6) is -3.10. The molecule has 1 spiro atoms. The lowest BCUT2D eigenvalue weighted by Gasteiger charge is -2.36. The molecule has 0 saturated carbocycles. The fraction of sp³-hybridized carbons (Fsp3) is 0.0400. The Bertz CT molecular complexity index is 1610. The molecular formula is C25H13Cl2NO9. The molecule has 37 heavy (non-hydrogen) atoms. The highest BCUT2D eigenvalue weighted by Gasteiger charge is 2.55. The van der Waals surface area contributed by atoms with Crippen molar-refractivity contribution in [2.75, 3.05) is 0 Å². The molecule has 6 rings (SSSR count). The molecule has 4 aromatic rings. The molecular weight excluding hydrogens is 529 g/mol. The van der Waals surface area contributed by atoms with Crippen LogP contribution in [0.25, 0.3) is 0 Å². The summed E-state index contributed by atoms with van der Waals surface area (Å²) in [4.78, 5) is 31.4. The van der Waals surface area contributed by atoms with E-state index >= 15 is 0 Å². The Hall–Kier alpha value is -4.54. The summed E-state index contributed by atoms with van der Waals surface area (Å²) in [5, 5.41) is 39.2. The van der Waals surface area contributed by atoms with Crippen molar-refractivity contribution in [3.63, 3.8) is 0 Å². The van der Waals surface area contributed by atoms with Crippen LogP contribution in [0.1, 0.15) is 37.4 Å². The molecule has 0 bridgehead atoms. The molecule has 186 valence electrons. The second-order valence-electron chi connectivity index (χ2n) is 8.23. The molecule has 0 saturated heterocycles. The van der Waals surface area contributed by atoms with Crippen molar-refractivity contribution in [2.45, 2.75) is 5.60 Å². The average Bonchev–Trinajstić information content (AvgIpc) is 3.32. The summed E-state index contributed by atoms with van der Waals surface area (Å²) in [5.41, 5.74) is -1.42. The fourth-order valence-corrected chi connectivity index (χ4v) is 5.07. The summed E-state index contributed by atoms with van der Waals surface area (Å²) < 4.78 is 12.3. The summed E-state index contributed by atoms with van der Waals surface area (Å²) >= 11 is 12.8. The number of esters is 1. The second-order valence-corrected chi connectivity index (χ2v) is 8.99. The van der Waals surface area contributed by atoms with Crippen LogP contribution in [0, 0.1) is 0 Å². The first-order valence-electron chi connectivity index (χ1n) is 10.5. The number of phenols is 2. The van der Waals surface area contributed by atoms with Crippen molar-refractivity contribution >= 4 is 35.1 Å². The van der Waals surface area contributed by atoms with E-state index in [0.717, 1.165) is 12.1 Å². The summed E-state index contributed by atoms with van der Waals surface area (Å²) in [6.07, 6.45) is 0. The third-order valence-corrected chi connectivity index (χ3v) is 7.00. The zero-order chi connectivity index (χ0) is 26.2. The second kappa shape index (κ2) is 7.73. The SMILES string of the molecule is O=C(On1c(O)ccc1O)c1cc2c(c(Cl)c1Cl)C(=O)OC21c2ccc(O)cc2Oc2cc(O)ccc21. The molecule has 0 fully saturated rings. The quantitative estimate of drug-likeness (QED) is 0.270. The number of carbonyl (C=O) groups is 2. The van der Waals surface area contributed by atoms with Gasteiger partial charge in [-0.05, 0) is 30.3 Å². The number of halogens is 2. The van der Waals surface area contributed by atoms with Crippen LogP contribution in [0.3, 0.4) is 0 Å². The number of hydrogen-bond acceptors (Lipinski definition) is 9. The van der Waals surface area contributed by atoms with E-state index in [0.29, 0.717) is 15.9 Å². The highest BCUT2D eigenvalue weighted by molar-refractivity contribution is 6.45. The molecule has 3 aromatic carbocycles. The smallest absolute Gasteiger partial charge is 0.365 e. The van der Waals surface area contributed by atoms with Gasteiger partial charge >= 0.3 is 11.9 Å². The minimum Gasteiger partial charge on any atom is -0.508 e. The Morgan fingerprint density at radius 2 is 1.38 bits per heavy atom. The minimum absolute atomic E-state index is 0.113. The van der Waals surface area contributed by atoms with Gasteiger partial charge in [0.2, 0.25) is 11.8 Å². The first-order chi connectivity index (χ1) is 17.6. The lowest BCUT2D eigenvalue weighted by Crippen LogP contribution is -2.33. The van der Waals surface area contributed by atoms with Crippen LogP contribution in [-0.4, -0.2) is 37.1 Å². The van der Waals surface area contributed by atoms with Crippen molar-refractivity contribution in [3.8, 4) is 34.8 Å². The maximum absolute atomic E-state index is 13.2. The van der Waals surface area contributed by atoms with Gasteiger partial charge in [0.15, 0.2) is 5.60 Å². The first-order valence-corrected chi connectivity index (χ1v) is 11.3. The van der Waals surface area contributed by atoms with Gasteiger partial charge < -0.3 is 34.7 Å². The van der Waals surface area contributed by atoms with E-state index in [9.17, 15) is 30.0 Å². The van der Waals surface area contributed by atoms with Crippen LogP contribution in [0.5, 0.6) is 34.8 Å². The van der Waals surface area contributed by atoms with Crippen molar-refractivity contribution < 1.29 is 44.3 Å². The molecule has 10 nitrogen and oxygen atoms in total. The lowest BCUT2D eigenvalue weighted by atomic mass is 9.77. The number of aromatic nitrogens is 1. The molecule has 0 unspecified atom stereocenters. The standard InChI is InChI=1S/C25H13Cl2NO9/c26-21-12(23(33)37-28-18(31)5-6-19(28)32)9-15-20(22(21)27)24(34)36-25(15)13-3-1-10(29)7-16(13)35-17-8-11(30)2-4-14(17)25/h1-9,29-32H. The summed E-state index contributed by atoms with van der Waals surface area (Å²) in [6.45, 7) is 0. The van der Waals surface area contributed by atoms with Gasteiger partial charge in [0.05, 0.1) is 21.2 Å². The molecule has 12 heteroatoms. The minimum atomic E-state index is -1.71. The lowest BCUT2D eigenvalue weighted by molar-refractivity contribution is 0.0224. The largest absolute Gasteiger partial charge is 0.508 e. The normalized spacial score (nSPS) is 14.4. The van der Waals surface area contributed by atoms with E-state index in [2.05, 4.69) is 0 Å². The first kappa shape index (κ1) is 22.9. The van der Waals surface area contributed by atoms with Crippen LogP contribution < -0.4 is 9.57 Å². The zero-order valence-corrected chi connectivity index (χ0v) is 19.7. The molecule has 1 aromatic heterocycles. The van der Waals surface area contributed by atoms with Gasteiger partial charge in [-0.3, -0.25) is 0 Å². The summed E-state index contributed by atoms with van der Waals surface area (Å²) in [7, 11) is 0. The van der Waals surface area contributed by atoms with E-state index in [4.69, 9.17) is 37.5 Å². The Morgan fingerprint density at radius 3 is 1.95 bits per heavy atom. The van der Waals surface area contributed by atoms with Crippen LogP contribution in [0.15, 0.2) is 54.6 Å². The van der Waals surface area contributed by atoms with Crippen molar-refractivity contribution in [1.29, 1.82) is 0 Å². The number of benzene rings is 3. The number of ether oxygens (including phenoxy) is 2. The predicted molar refractivity (Wildman–Crippen MR) is 127 cm³/mol. The van der Waals surface area contributed by atoms with Gasteiger partial charge in [0.1, 0.15) is 23.0 Å². The van der Waals surface area contributed by atoms with E-state index < -0.39 is 29.3 Å². The fourth-order valence-electron chi connectivity index (χ4n) is 4.56. The van der Waals surface area contributed by atoms with Crippen LogP contribution in [0.4, 0.5) is 0 Å². The molecule has 0 aliphatic carbocycles. The van der Waals surface area contributed by atoms with Crippen molar-refractivity contribution in [1.82, 2.24) is 4.73 Å². The van der Waals surface area contributed by atoms with E-state index in [1.165, 1.54) is 42.5 Å². The number of rotatable bonds is 2. The van der Waals surface area contributed by atoms with Gasteiger partial charge in [-0.2, -0.15) is 0 Å². The Morgan fingerprint density at radius 1 is 0.811 bits per heavy atom. The molecule has 0 radical (unpaired) electrons. The molecule has 0 amide bonds. The number of nitrogens with zero attached hydrogens (tertiary/aromatic N) is 1. The van der Waals surface area contributed by atoms with Crippen LogP contribution >= 0.6 is 23.2 Å². The number of carbonyl (C=O) groups excluding carboxylic acids is 2. The van der Waals surface area contributed by atoms with Gasteiger partial charge in [0, 0.05) is 41.0 Å². The highest BCUT2D eigenvalue weighted by atomic mass is 35.5. The molecule has 2 aliphatic heterocycles. The maximum atomic E-state index is 13.2. The molecule has 2 aliphatic rings. The topological polar surface area (TPSA) is 148 Å². The number of hydrogen-bond donors (Lipinski definition) is 4. The molecule has 0 atom stereocenters. The zero-order valence-electron chi connectivity index (χ0n) is 18.2. The van der Waals surface area contributed by atoms with E-state index in [1.54, 1.807) is 0 Å². The van der Waals surface area contributed by atoms with Gasteiger partial charge in [-0.25, -0.2) is 9.59 Å². The van der Waals surface area contributed by atoms with Gasteiger partial charge in [0.25, 0.3) is 0 Å². The Labute approximate surface area is 217 Å². The Balaban J connectivity index is 1.62. The molecule has 4 N–H and O–H groups in total. The van der Waals surface area contributed by atoms with E-state index in [-0.39, 0.29) is 49.7 Å².